The van der Waals surface area contributed by atoms with Crippen molar-refractivity contribution >= 4 is 17.3 Å². The lowest BCUT2D eigenvalue weighted by Crippen LogP contribution is -2.57. The molecular formula is C40H51NO13. The van der Waals surface area contributed by atoms with Crippen LogP contribution < -0.4 is 0 Å². The summed E-state index contributed by atoms with van der Waals surface area (Å²) in [7, 11) is 3.85. The molecule has 54 heavy (non-hydrogen) atoms. The summed E-state index contributed by atoms with van der Waals surface area (Å²) in [5.41, 5.74) is -2.42. The predicted octanol–water partition coefficient (Wildman–Crippen LogP) is 4.18. The second kappa shape index (κ2) is 14.9. The molecule has 2 aromatic rings. The Morgan fingerprint density at radius 2 is 1.52 bits per heavy atom. The molecule has 0 bridgehead atoms. The molecule has 14 nitrogen and oxygen atoms in total. The number of phenols is 3. The maximum atomic E-state index is 13.8. The van der Waals surface area contributed by atoms with E-state index in [1.54, 1.807) is 13.8 Å². The van der Waals surface area contributed by atoms with E-state index in [2.05, 4.69) is 0 Å². The maximum absolute atomic E-state index is 13.8. The summed E-state index contributed by atoms with van der Waals surface area (Å²) >= 11 is 0. The van der Waals surface area contributed by atoms with Crippen LogP contribution in [0.1, 0.15) is 122 Å². The van der Waals surface area contributed by atoms with Gasteiger partial charge in [-0.15, -0.1) is 0 Å². The van der Waals surface area contributed by atoms with E-state index >= 15 is 0 Å². The summed E-state index contributed by atoms with van der Waals surface area (Å²) in [6.07, 6.45) is -2.13. The van der Waals surface area contributed by atoms with E-state index in [0.717, 1.165) is 0 Å². The maximum Gasteiger partial charge on any atom is 0.202 e. The molecule has 0 amide bonds. The molecule has 0 aromatic heterocycles. The Kier molecular flexibility index (Phi) is 10.7. The van der Waals surface area contributed by atoms with Gasteiger partial charge in [-0.25, -0.2) is 0 Å². The first kappa shape index (κ1) is 38.8. The third-order valence-electron chi connectivity index (χ3n) is 12.0. The number of hydrogen-bond acceptors (Lipinski definition) is 14. The molecule has 3 heterocycles. The van der Waals surface area contributed by atoms with Crippen molar-refractivity contribution in [3.05, 3.63) is 51.6 Å². The number of nitrogens with zero attached hydrogens (tertiary/aromatic N) is 1. The normalized spacial score (nSPS) is 35.4. The van der Waals surface area contributed by atoms with E-state index in [4.69, 9.17) is 28.4 Å². The molecule has 3 saturated heterocycles. The average Bonchev–Trinajstić information content (AvgIpc) is 3.13. The van der Waals surface area contributed by atoms with Gasteiger partial charge in [0.2, 0.25) is 5.78 Å². The molecule has 4 N–H and O–H groups in total. The number of benzene rings is 2. The average molecular weight is 754 g/mol. The standard InChI is InChI=1S/C40H51NO13/c1-7-40(48)16-15-22-31(37(47)33-32(35(22)45)36(46)30-21(34(33)44)9-8-10-25(30)43)39(40)54-29-17-23(41(5)6)38(20(4)51-29)53-28-14-12-26(19(3)50-28)52-27-13-11-24(42)18(2)49-27/h8-10,18-20,23,26-29,38-39,43,45,47-48H,7,11-17H2,1-6H3/t18?,19?,20?,23?,26?,27?,28?,29?,38?,39-,40-/m1/s1. The highest BCUT2D eigenvalue weighted by Gasteiger charge is 2.51. The molecule has 7 rings (SSSR count). The Bertz CT molecular complexity index is 1810. The highest BCUT2D eigenvalue weighted by atomic mass is 16.7. The topological polar surface area (TPSA) is 191 Å². The molecular weight excluding hydrogens is 702 g/mol. The molecule has 11 atom stereocenters. The number of likely N-dealkylation sites (N-methyl/N-ethyl adjacent to an activating group) is 1. The van der Waals surface area contributed by atoms with Crippen LogP contribution in [0.4, 0.5) is 0 Å². The zero-order valence-electron chi connectivity index (χ0n) is 31.6. The van der Waals surface area contributed by atoms with Crippen molar-refractivity contribution in [1.29, 1.82) is 0 Å². The van der Waals surface area contributed by atoms with Crippen LogP contribution >= 0.6 is 0 Å². The summed E-state index contributed by atoms with van der Waals surface area (Å²) in [5, 5.41) is 45.8. The Hall–Kier alpha value is -3.47. The second-order valence-electron chi connectivity index (χ2n) is 15.5. The van der Waals surface area contributed by atoms with Crippen LogP contribution in [0.5, 0.6) is 17.2 Å². The fourth-order valence-corrected chi connectivity index (χ4v) is 8.77. The van der Waals surface area contributed by atoms with Crippen LogP contribution in [0.2, 0.25) is 0 Å². The number of aliphatic hydroxyl groups is 1. The Morgan fingerprint density at radius 1 is 0.815 bits per heavy atom. The zero-order valence-corrected chi connectivity index (χ0v) is 31.6. The minimum absolute atomic E-state index is 0.0312. The lowest BCUT2D eigenvalue weighted by atomic mass is 9.71. The fourth-order valence-electron chi connectivity index (χ4n) is 8.77. The Labute approximate surface area is 314 Å². The van der Waals surface area contributed by atoms with E-state index < -0.39 is 83.3 Å². The van der Waals surface area contributed by atoms with Gasteiger partial charge in [0.1, 0.15) is 35.6 Å². The fraction of sp³-hybridized carbons (Fsp3) is 0.625. The molecule has 2 aromatic carbocycles. The van der Waals surface area contributed by atoms with E-state index in [9.17, 15) is 34.8 Å². The van der Waals surface area contributed by atoms with Crippen LogP contribution in [0, 0.1) is 0 Å². The van der Waals surface area contributed by atoms with Crippen molar-refractivity contribution in [3.63, 3.8) is 0 Å². The molecule has 3 fully saturated rings. The summed E-state index contributed by atoms with van der Waals surface area (Å²) in [6, 6.07) is 3.86. The molecule has 5 aliphatic rings. The summed E-state index contributed by atoms with van der Waals surface area (Å²) in [6.45, 7) is 7.32. The number of Topliss-reactive ketones (excluding diaryl/α,β-unsaturated/α-hetero) is 1. The first-order valence-corrected chi connectivity index (χ1v) is 19.0. The van der Waals surface area contributed by atoms with Gasteiger partial charge in [0.25, 0.3) is 0 Å². The quantitative estimate of drug-likeness (QED) is 0.240. The van der Waals surface area contributed by atoms with Gasteiger partial charge in [-0.3, -0.25) is 14.4 Å². The highest BCUT2D eigenvalue weighted by Crippen LogP contribution is 2.54. The SMILES string of the molecule is CC[C@@]1(O)CCc2c(O)c3c(c(O)c2[C@H]1OC1CC(N(C)C)C(OC2CCC(OC4CCC(=O)C(C)O4)C(C)O2)C(C)O1)C(=O)c1cccc(O)c1C3=O. The number of carbonyl (C=O) groups excluding carboxylic acids is 3. The smallest absolute Gasteiger partial charge is 0.202 e. The minimum Gasteiger partial charge on any atom is -0.507 e. The largest absolute Gasteiger partial charge is 0.507 e. The molecule has 3 aliphatic heterocycles. The molecule has 9 unspecified atom stereocenters. The van der Waals surface area contributed by atoms with Gasteiger partial charge in [-0.1, -0.05) is 19.1 Å². The van der Waals surface area contributed by atoms with Crippen molar-refractivity contribution in [2.45, 2.75) is 146 Å². The predicted molar refractivity (Wildman–Crippen MR) is 190 cm³/mol. The van der Waals surface area contributed by atoms with E-state index in [-0.39, 0.29) is 71.1 Å². The number of carbonyl (C=O) groups is 3. The van der Waals surface area contributed by atoms with Gasteiger partial charge in [0, 0.05) is 48.4 Å². The van der Waals surface area contributed by atoms with Crippen LogP contribution in [-0.2, 0) is 39.6 Å². The number of ketones is 3. The van der Waals surface area contributed by atoms with Crippen molar-refractivity contribution in [3.8, 4) is 17.2 Å². The summed E-state index contributed by atoms with van der Waals surface area (Å²) in [4.78, 5) is 41.3. The molecule has 0 spiro atoms. The minimum atomic E-state index is -1.52. The highest BCUT2D eigenvalue weighted by molar-refractivity contribution is 6.31. The third kappa shape index (κ3) is 6.74. The number of aromatic hydroxyl groups is 3. The monoisotopic (exact) mass is 753 g/mol. The Morgan fingerprint density at radius 3 is 2.20 bits per heavy atom. The van der Waals surface area contributed by atoms with Gasteiger partial charge in [0.05, 0.1) is 40.6 Å². The van der Waals surface area contributed by atoms with Crippen molar-refractivity contribution < 1.29 is 63.2 Å². The van der Waals surface area contributed by atoms with Crippen molar-refractivity contribution in [1.82, 2.24) is 4.90 Å². The van der Waals surface area contributed by atoms with Gasteiger partial charge < -0.3 is 53.7 Å². The number of phenolic OH excluding ortho intramolecular Hbond substituents is 3. The number of rotatable bonds is 8. The number of hydrogen-bond donors (Lipinski definition) is 4. The zero-order chi connectivity index (χ0) is 38.8. The van der Waals surface area contributed by atoms with E-state index in [1.807, 2.05) is 32.8 Å². The molecule has 294 valence electrons. The molecule has 0 saturated carbocycles. The summed E-state index contributed by atoms with van der Waals surface area (Å²) < 4.78 is 37.8. The first-order valence-electron chi connectivity index (χ1n) is 19.0. The van der Waals surface area contributed by atoms with E-state index in [1.165, 1.54) is 18.2 Å². The van der Waals surface area contributed by atoms with Gasteiger partial charge >= 0.3 is 0 Å². The third-order valence-corrected chi connectivity index (χ3v) is 12.0. The molecule has 14 heteroatoms. The number of fused-ring (bicyclic) bond motifs is 3. The molecule has 2 aliphatic carbocycles. The van der Waals surface area contributed by atoms with Crippen molar-refractivity contribution in [2.75, 3.05) is 14.1 Å². The second-order valence-corrected chi connectivity index (χ2v) is 15.5. The summed E-state index contributed by atoms with van der Waals surface area (Å²) in [5.74, 6) is -2.89. The van der Waals surface area contributed by atoms with Crippen molar-refractivity contribution in [2.24, 2.45) is 0 Å². The van der Waals surface area contributed by atoms with Gasteiger partial charge in [-0.05, 0) is 66.6 Å². The van der Waals surface area contributed by atoms with Gasteiger partial charge in [0.15, 0.2) is 30.4 Å². The van der Waals surface area contributed by atoms with E-state index in [0.29, 0.717) is 32.1 Å². The van der Waals surface area contributed by atoms with Crippen LogP contribution in [0.3, 0.4) is 0 Å². The van der Waals surface area contributed by atoms with Crippen LogP contribution in [0.25, 0.3) is 0 Å². The molecule has 0 radical (unpaired) electrons. The first-order chi connectivity index (χ1) is 25.6. The van der Waals surface area contributed by atoms with Crippen LogP contribution in [-0.4, -0.2) is 118 Å². The lowest BCUT2D eigenvalue weighted by molar-refractivity contribution is -0.316. The van der Waals surface area contributed by atoms with Gasteiger partial charge in [-0.2, -0.15) is 0 Å². The number of ether oxygens (including phenoxy) is 6. The lowest BCUT2D eigenvalue weighted by Gasteiger charge is -2.48. The van der Waals surface area contributed by atoms with Crippen LogP contribution in [0.15, 0.2) is 18.2 Å². The Balaban J connectivity index is 1.10.